The van der Waals surface area contributed by atoms with Crippen molar-refractivity contribution in [1.29, 1.82) is 0 Å². The summed E-state index contributed by atoms with van der Waals surface area (Å²) in [5, 5.41) is 43.3. The number of aliphatic hydroxyl groups is 2. The number of carbonyl (C=O) groups excluding carboxylic acids is 4. The van der Waals surface area contributed by atoms with Crippen molar-refractivity contribution in [1.82, 2.24) is 0 Å². The Hall–Kier alpha value is -5.42. The van der Waals surface area contributed by atoms with E-state index in [4.69, 9.17) is 9.47 Å². The SMILES string of the molecule is CC[N+](CC)(CC(O)COC(=O)/C=C/c1cccc([N+](=O)[O-])c1)C(=O)/C=C\C(=O)[N+](CC)(CC)CC(O)COC(=O)/C=C/c1cccc([N+](=O)[O-])c1. The number of nitrogens with zero attached hydrogens (tertiary/aromatic N) is 4. The lowest BCUT2D eigenvalue weighted by Gasteiger charge is -2.35. The number of amides is 2. The first-order valence-corrected chi connectivity index (χ1v) is 16.7. The molecule has 52 heavy (non-hydrogen) atoms. The molecule has 0 heterocycles. The normalized spacial score (nSPS) is 13.3. The molecule has 0 aliphatic rings. The molecule has 2 N–H and O–H groups in total. The largest absolute Gasteiger partial charge is 0.460 e. The summed E-state index contributed by atoms with van der Waals surface area (Å²) in [7, 11) is 0. The lowest BCUT2D eigenvalue weighted by molar-refractivity contribution is -0.853. The molecule has 16 nitrogen and oxygen atoms in total. The topological polar surface area (TPSA) is 213 Å². The number of likely N-dealkylation sites (N-methyl/N-ethyl adjacent to an activating group) is 2. The molecule has 0 saturated heterocycles. The fourth-order valence-electron chi connectivity index (χ4n) is 5.40. The number of benzene rings is 2. The van der Waals surface area contributed by atoms with E-state index < -0.39 is 59.0 Å². The van der Waals surface area contributed by atoms with Gasteiger partial charge in [0.2, 0.25) is 0 Å². The van der Waals surface area contributed by atoms with Gasteiger partial charge in [0.15, 0.2) is 0 Å². The van der Waals surface area contributed by atoms with Crippen LogP contribution in [0, 0.1) is 20.2 Å². The predicted molar refractivity (Wildman–Crippen MR) is 190 cm³/mol. The van der Waals surface area contributed by atoms with Crippen LogP contribution in [0.1, 0.15) is 38.8 Å². The average molecular weight is 727 g/mol. The number of nitro groups is 2. The Morgan fingerprint density at radius 2 is 1.00 bits per heavy atom. The molecule has 0 aliphatic carbocycles. The molecule has 2 aromatic rings. The average Bonchev–Trinajstić information content (AvgIpc) is 3.14. The van der Waals surface area contributed by atoms with Gasteiger partial charge >= 0.3 is 23.8 Å². The van der Waals surface area contributed by atoms with Gasteiger partial charge in [-0.1, -0.05) is 24.3 Å². The second kappa shape index (κ2) is 20.4. The first kappa shape index (κ1) is 42.7. The van der Waals surface area contributed by atoms with Crippen molar-refractivity contribution in [3.05, 3.63) is 104 Å². The Morgan fingerprint density at radius 3 is 1.31 bits per heavy atom. The van der Waals surface area contributed by atoms with E-state index in [0.717, 1.165) is 24.3 Å². The smallest absolute Gasteiger partial charge is 0.339 e. The molecule has 16 heteroatoms. The van der Waals surface area contributed by atoms with Crippen LogP contribution >= 0.6 is 0 Å². The van der Waals surface area contributed by atoms with Gasteiger partial charge in [0.1, 0.15) is 38.5 Å². The number of esters is 2. The monoisotopic (exact) mass is 726 g/mol. The number of carbonyl (C=O) groups is 4. The number of rotatable bonds is 20. The van der Waals surface area contributed by atoms with Gasteiger partial charge in [-0.15, -0.1) is 0 Å². The van der Waals surface area contributed by atoms with Crippen LogP contribution in [0.3, 0.4) is 0 Å². The van der Waals surface area contributed by atoms with Crippen molar-refractivity contribution in [2.45, 2.75) is 39.9 Å². The minimum Gasteiger partial charge on any atom is -0.460 e. The van der Waals surface area contributed by atoms with Gasteiger partial charge in [0, 0.05) is 36.4 Å². The third-order valence-corrected chi connectivity index (χ3v) is 8.67. The van der Waals surface area contributed by atoms with E-state index in [0.29, 0.717) is 11.1 Å². The fourth-order valence-corrected chi connectivity index (χ4v) is 5.40. The zero-order valence-electron chi connectivity index (χ0n) is 29.7. The summed E-state index contributed by atoms with van der Waals surface area (Å²) in [5.41, 5.74) is 0.529. The Morgan fingerprint density at radius 1 is 0.654 bits per heavy atom. The zero-order valence-corrected chi connectivity index (χ0v) is 29.7. The van der Waals surface area contributed by atoms with Gasteiger partial charge in [-0.05, 0) is 51.0 Å². The number of non-ortho nitro benzene ring substituents is 2. The highest BCUT2D eigenvalue weighted by atomic mass is 16.6. The van der Waals surface area contributed by atoms with Gasteiger partial charge < -0.3 is 19.7 Å². The third-order valence-electron chi connectivity index (χ3n) is 8.67. The molecular weight excluding hydrogens is 680 g/mol. The number of nitro benzene ring substituents is 2. The minimum absolute atomic E-state index is 0.118. The van der Waals surface area contributed by atoms with E-state index in [1.54, 1.807) is 39.8 Å². The molecule has 0 aromatic heterocycles. The van der Waals surface area contributed by atoms with Crippen molar-refractivity contribution >= 4 is 47.3 Å². The molecule has 0 spiro atoms. The summed E-state index contributed by atoms with van der Waals surface area (Å²) in [6.07, 6.45) is 4.63. The second-order valence-corrected chi connectivity index (χ2v) is 11.9. The summed E-state index contributed by atoms with van der Waals surface area (Å²) in [6.45, 7) is 6.91. The number of hydrogen-bond donors (Lipinski definition) is 2. The highest BCUT2D eigenvalue weighted by Gasteiger charge is 2.37. The zero-order chi connectivity index (χ0) is 38.9. The quantitative estimate of drug-likeness (QED) is 0.0661. The predicted octanol–water partition coefficient (Wildman–Crippen LogP) is 3.36. The standard InChI is InChI=1S/C36H46N4O12/c1-5-39(6-2,23-31(41)25-51-35(45)19-15-27-11-9-13-29(21-27)37(47)48)33(43)17-18-34(44)40(7-3,8-4)24-32(42)26-52-36(46)20-16-28-12-10-14-30(22-28)38(49)50/h9-22,31-32,41-42H,5-8,23-26H2,1-4H3/q+2/b18-17-,19-15+,20-16+. The first-order valence-electron chi connectivity index (χ1n) is 16.7. The lowest BCUT2D eigenvalue weighted by Crippen LogP contribution is -2.57. The maximum atomic E-state index is 13.5. The summed E-state index contributed by atoms with van der Waals surface area (Å²) in [5.74, 6) is -2.53. The molecular formula is C36H46N4O12+2. The van der Waals surface area contributed by atoms with E-state index in [2.05, 4.69) is 0 Å². The number of hydrogen-bond acceptors (Lipinski definition) is 12. The minimum atomic E-state index is -1.23. The van der Waals surface area contributed by atoms with E-state index in [1.165, 1.54) is 48.6 Å². The van der Waals surface area contributed by atoms with Gasteiger partial charge in [-0.3, -0.25) is 29.2 Å². The molecule has 0 radical (unpaired) electrons. The third kappa shape index (κ3) is 12.7. The van der Waals surface area contributed by atoms with Crippen LogP contribution in [0.15, 0.2) is 72.8 Å². The number of ether oxygens (including phenoxy) is 2. The number of quaternary nitrogens is 2. The molecule has 2 atom stereocenters. The highest BCUT2D eigenvalue weighted by Crippen LogP contribution is 2.17. The Balaban J connectivity index is 2.00. The number of aliphatic hydroxyl groups excluding tert-OH is 2. The second-order valence-electron chi connectivity index (χ2n) is 11.9. The van der Waals surface area contributed by atoms with Crippen LogP contribution in [0.4, 0.5) is 11.4 Å². The molecule has 280 valence electrons. The van der Waals surface area contributed by atoms with Crippen molar-refractivity contribution < 1.29 is 57.7 Å². The van der Waals surface area contributed by atoms with Crippen LogP contribution in [0.2, 0.25) is 0 Å². The van der Waals surface area contributed by atoms with Gasteiger partial charge in [0.05, 0.1) is 48.2 Å². The molecule has 2 unspecified atom stereocenters. The van der Waals surface area contributed by atoms with Gasteiger partial charge in [-0.2, -0.15) is 0 Å². The molecule has 2 amide bonds. The van der Waals surface area contributed by atoms with E-state index in [1.807, 2.05) is 0 Å². The maximum Gasteiger partial charge on any atom is 0.339 e. The molecule has 0 bridgehead atoms. The van der Waals surface area contributed by atoms with Gasteiger partial charge in [0.25, 0.3) is 11.4 Å². The van der Waals surface area contributed by atoms with Crippen molar-refractivity contribution in [3.63, 3.8) is 0 Å². The summed E-state index contributed by atoms with van der Waals surface area (Å²) in [6, 6.07) is 11.3. The van der Waals surface area contributed by atoms with Crippen LogP contribution in [-0.2, 0) is 28.7 Å². The Labute approximate surface area is 301 Å². The Bertz CT molecular complexity index is 1560. The van der Waals surface area contributed by atoms with Crippen LogP contribution < -0.4 is 0 Å². The molecule has 2 aromatic carbocycles. The summed E-state index contributed by atoms with van der Waals surface area (Å²) in [4.78, 5) is 72.2. The van der Waals surface area contributed by atoms with Crippen LogP contribution in [0.5, 0.6) is 0 Å². The van der Waals surface area contributed by atoms with Crippen LogP contribution in [0.25, 0.3) is 12.2 Å². The maximum absolute atomic E-state index is 13.5. The lowest BCUT2D eigenvalue weighted by atomic mass is 10.2. The molecule has 2 rings (SSSR count). The van der Waals surface area contributed by atoms with Crippen LogP contribution in [-0.4, -0.2) is 117 Å². The summed E-state index contributed by atoms with van der Waals surface area (Å²) < 4.78 is 9.73. The molecule has 0 aliphatic heterocycles. The fraction of sp³-hybridized carbons (Fsp3) is 0.389. The van der Waals surface area contributed by atoms with E-state index in [-0.39, 0.29) is 59.6 Å². The Kier molecular flexibility index (Phi) is 16.8. The van der Waals surface area contributed by atoms with Gasteiger partial charge in [-0.25, -0.2) is 19.2 Å². The van der Waals surface area contributed by atoms with E-state index >= 15 is 0 Å². The van der Waals surface area contributed by atoms with Crippen molar-refractivity contribution in [2.24, 2.45) is 0 Å². The van der Waals surface area contributed by atoms with E-state index in [9.17, 15) is 49.6 Å². The molecule has 0 fully saturated rings. The molecule has 0 saturated carbocycles. The summed E-state index contributed by atoms with van der Waals surface area (Å²) >= 11 is 0. The van der Waals surface area contributed by atoms with Crippen molar-refractivity contribution in [2.75, 3.05) is 52.5 Å². The van der Waals surface area contributed by atoms with Crippen molar-refractivity contribution in [3.8, 4) is 0 Å². The highest BCUT2D eigenvalue weighted by molar-refractivity contribution is 5.91. The first-order chi connectivity index (χ1) is 24.6.